The van der Waals surface area contributed by atoms with Crippen molar-refractivity contribution in [1.82, 2.24) is 18.7 Å². The van der Waals surface area contributed by atoms with Gasteiger partial charge < -0.3 is 9.72 Å². The molecule has 0 radical (unpaired) electrons. The van der Waals surface area contributed by atoms with Crippen LogP contribution in [0.4, 0.5) is 0 Å². The summed E-state index contributed by atoms with van der Waals surface area (Å²) in [5, 5.41) is 1.62. The van der Waals surface area contributed by atoms with Gasteiger partial charge in [0.05, 0.1) is 23.5 Å². The fraction of sp³-hybridized carbons (Fsp3) is 0.133. The SMILES string of the molecule is CCOC(=O)c1nc(-c2ccc[nH]2)c2ccc3[nH]snc3c12. The second kappa shape index (κ2) is 4.96. The first-order chi connectivity index (χ1) is 10.8. The molecule has 110 valence electrons. The van der Waals surface area contributed by atoms with Crippen LogP contribution in [0.5, 0.6) is 0 Å². The van der Waals surface area contributed by atoms with Crippen LogP contribution in [-0.4, -0.2) is 31.3 Å². The zero-order chi connectivity index (χ0) is 15.1. The Kier molecular flexibility index (Phi) is 2.93. The zero-order valence-corrected chi connectivity index (χ0v) is 12.5. The van der Waals surface area contributed by atoms with Gasteiger partial charge in [0.2, 0.25) is 0 Å². The van der Waals surface area contributed by atoms with E-state index in [0.717, 1.165) is 33.2 Å². The lowest BCUT2D eigenvalue weighted by Gasteiger charge is -1.99. The zero-order valence-electron chi connectivity index (χ0n) is 11.7. The number of H-pyrrole nitrogens is 2. The number of benzene rings is 1. The number of hydrogen-bond acceptors (Lipinski definition) is 5. The van der Waals surface area contributed by atoms with E-state index in [4.69, 9.17) is 4.74 Å². The number of carbonyl (C=O) groups excluding carboxylic acids is 1. The first kappa shape index (κ1) is 13.0. The Hall–Kier alpha value is -2.67. The normalized spacial score (nSPS) is 11.3. The highest BCUT2D eigenvalue weighted by Crippen LogP contribution is 2.34. The average Bonchev–Trinajstić information content (AvgIpc) is 3.25. The van der Waals surface area contributed by atoms with Gasteiger partial charge in [0, 0.05) is 28.7 Å². The third-order valence-corrected chi connectivity index (χ3v) is 4.09. The van der Waals surface area contributed by atoms with E-state index in [0.29, 0.717) is 12.3 Å². The predicted molar refractivity (Wildman–Crippen MR) is 85.0 cm³/mol. The van der Waals surface area contributed by atoms with Gasteiger partial charge in [0.1, 0.15) is 5.52 Å². The molecule has 7 heteroatoms. The summed E-state index contributed by atoms with van der Waals surface area (Å²) in [6.07, 6.45) is 1.83. The van der Waals surface area contributed by atoms with E-state index in [-0.39, 0.29) is 0 Å². The molecule has 4 rings (SSSR count). The molecule has 0 amide bonds. The molecular formula is C15H12N4O2S. The summed E-state index contributed by atoms with van der Waals surface area (Å²) in [6.45, 7) is 2.09. The van der Waals surface area contributed by atoms with E-state index in [1.165, 1.54) is 11.7 Å². The molecule has 0 saturated heterocycles. The minimum atomic E-state index is -0.425. The Morgan fingerprint density at radius 3 is 3.05 bits per heavy atom. The van der Waals surface area contributed by atoms with Crippen LogP contribution in [0.1, 0.15) is 17.4 Å². The van der Waals surface area contributed by atoms with Gasteiger partial charge in [0.15, 0.2) is 5.69 Å². The minimum absolute atomic E-state index is 0.310. The van der Waals surface area contributed by atoms with Crippen LogP contribution >= 0.6 is 11.7 Å². The van der Waals surface area contributed by atoms with Crippen molar-refractivity contribution in [3.05, 3.63) is 36.2 Å². The largest absolute Gasteiger partial charge is 0.461 e. The van der Waals surface area contributed by atoms with Crippen molar-refractivity contribution in [2.75, 3.05) is 6.61 Å². The summed E-state index contributed by atoms with van der Waals surface area (Å²) in [6, 6.07) is 7.72. The maximum absolute atomic E-state index is 12.3. The van der Waals surface area contributed by atoms with Crippen LogP contribution in [0.2, 0.25) is 0 Å². The van der Waals surface area contributed by atoms with E-state index in [9.17, 15) is 4.79 Å². The van der Waals surface area contributed by atoms with Crippen LogP contribution in [0.25, 0.3) is 33.2 Å². The number of carbonyl (C=O) groups is 1. The van der Waals surface area contributed by atoms with Crippen molar-refractivity contribution in [1.29, 1.82) is 0 Å². The van der Waals surface area contributed by atoms with Crippen molar-refractivity contribution in [3.8, 4) is 11.4 Å². The summed E-state index contributed by atoms with van der Waals surface area (Å²) in [5.74, 6) is -0.425. The Labute approximate surface area is 129 Å². The molecule has 22 heavy (non-hydrogen) atoms. The number of ether oxygens (including phenoxy) is 1. The number of hydrogen-bond donors (Lipinski definition) is 2. The number of aromatic nitrogens is 4. The van der Waals surface area contributed by atoms with Crippen molar-refractivity contribution >= 4 is 39.5 Å². The van der Waals surface area contributed by atoms with Crippen LogP contribution in [-0.2, 0) is 4.74 Å². The molecule has 0 aliphatic heterocycles. The maximum atomic E-state index is 12.3. The van der Waals surface area contributed by atoms with Gasteiger partial charge in [-0.25, -0.2) is 9.78 Å². The number of nitrogens with zero attached hydrogens (tertiary/aromatic N) is 2. The summed E-state index contributed by atoms with van der Waals surface area (Å²) in [5.41, 5.74) is 3.53. The van der Waals surface area contributed by atoms with Crippen LogP contribution in [0.3, 0.4) is 0 Å². The molecule has 0 fully saturated rings. The molecule has 0 saturated carbocycles. The fourth-order valence-electron chi connectivity index (χ4n) is 2.58. The first-order valence-corrected chi connectivity index (χ1v) is 7.64. The van der Waals surface area contributed by atoms with Crippen molar-refractivity contribution in [2.45, 2.75) is 6.92 Å². The Balaban J connectivity index is 2.08. The first-order valence-electron chi connectivity index (χ1n) is 6.87. The molecule has 3 heterocycles. The molecule has 4 aromatic rings. The van der Waals surface area contributed by atoms with E-state index in [1.54, 1.807) is 6.92 Å². The lowest BCUT2D eigenvalue weighted by Crippen LogP contribution is -2.05. The summed E-state index contributed by atoms with van der Waals surface area (Å²) in [4.78, 5) is 19.9. The van der Waals surface area contributed by atoms with Gasteiger partial charge in [-0.1, -0.05) is 0 Å². The number of nitrogens with one attached hydrogen (secondary N) is 2. The standard InChI is InChI=1S/C15H12N4O2S/c1-2-21-15(20)14-11-8(5-6-10-13(11)19-22-18-10)12(17-14)9-4-3-7-16-9/h3-7,16,18H,2H2,1H3. The van der Waals surface area contributed by atoms with Crippen LogP contribution in [0, 0.1) is 0 Å². The minimum Gasteiger partial charge on any atom is -0.461 e. The fourth-order valence-corrected chi connectivity index (χ4v) is 3.17. The number of fused-ring (bicyclic) bond motifs is 3. The third-order valence-electron chi connectivity index (χ3n) is 3.51. The number of esters is 1. The number of rotatable bonds is 3. The Bertz CT molecular complexity index is 968. The van der Waals surface area contributed by atoms with Crippen molar-refractivity contribution < 1.29 is 9.53 Å². The van der Waals surface area contributed by atoms with Crippen molar-refractivity contribution in [3.63, 3.8) is 0 Å². The van der Waals surface area contributed by atoms with Gasteiger partial charge in [0.25, 0.3) is 0 Å². The molecule has 0 spiro atoms. The molecule has 0 unspecified atom stereocenters. The molecular weight excluding hydrogens is 300 g/mol. The second-order valence-electron chi connectivity index (χ2n) is 4.78. The van der Waals surface area contributed by atoms with Gasteiger partial charge in [-0.05, 0) is 31.2 Å². The summed E-state index contributed by atoms with van der Waals surface area (Å²) >= 11 is 1.25. The number of aromatic amines is 2. The summed E-state index contributed by atoms with van der Waals surface area (Å²) < 4.78 is 12.6. The predicted octanol–water partition coefficient (Wildman–Crippen LogP) is 3.34. The van der Waals surface area contributed by atoms with Crippen LogP contribution < -0.4 is 0 Å². The van der Waals surface area contributed by atoms with Gasteiger partial charge in [-0.3, -0.25) is 4.37 Å². The van der Waals surface area contributed by atoms with E-state index in [1.807, 2.05) is 30.5 Å². The average molecular weight is 312 g/mol. The second-order valence-corrected chi connectivity index (χ2v) is 5.35. The molecule has 0 atom stereocenters. The van der Waals surface area contributed by atoms with Gasteiger partial charge >= 0.3 is 5.97 Å². The summed E-state index contributed by atoms with van der Waals surface area (Å²) in [7, 11) is 0. The molecule has 6 nitrogen and oxygen atoms in total. The van der Waals surface area contributed by atoms with Crippen molar-refractivity contribution in [2.24, 2.45) is 0 Å². The lowest BCUT2D eigenvalue weighted by atomic mass is 10.1. The Morgan fingerprint density at radius 1 is 1.36 bits per heavy atom. The topological polar surface area (TPSA) is 83.7 Å². The lowest BCUT2D eigenvalue weighted by molar-refractivity contribution is 0.0523. The van der Waals surface area contributed by atoms with Gasteiger partial charge in [-0.15, -0.1) is 0 Å². The maximum Gasteiger partial charge on any atom is 0.357 e. The quantitative estimate of drug-likeness (QED) is 0.568. The highest BCUT2D eigenvalue weighted by Gasteiger charge is 2.23. The van der Waals surface area contributed by atoms with E-state index in [2.05, 4.69) is 18.7 Å². The Morgan fingerprint density at radius 2 is 2.27 bits per heavy atom. The smallest absolute Gasteiger partial charge is 0.357 e. The molecule has 2 N–H and O–H groups in total. The van der Waals surface area contributed by atoms with Crippen LogP contribution in [0.15, 0.2) is 30.5 Å². The molecule has 0 bridgehead atoms. The molecule has 0 aliphatic carbocycles. The molecule has 0 aliphatic rings. The third kappa shape index (κ3) is 1.82. The van der Waals surface area contributed by atoms with E-state index < -0.39 is 5.97 Å². The monoisotopic (exact) mass is 312 g/mol. The van der Waals surface area contributed by atoms with Gasteiger partial charge in [-0.2, -0.15) is 4.37 Å². The highest BCUT2D eigenvalue weighted by molar-refractivity contribution is 7.00. The molecule has 1 aromatic carbocycles. The highest BCUT2D eigenvalue weighted by atomic mass is 32.1. The molecule has 3 aromatic heterocycles. The van der Waals surface area contributed by atoms with E-state index >= 15 is 0 Å².